The lowest BCUT2D eigenvalue weighted by molar-refractivity contribution is -0.734. The Balaban J connectivity index is 1.02. The maximum absolute atomic E-state index is 5.04. The van der Waals surface area contributed by atoms with Crippen LogP contribution >= 0.6 is 11.3 Å². The highest BCUT2D eigenvalue weighted by molar-refractivity contribution is 7.26. The predicted molar refractivity (Wildman–Crippen MR) is 231 cm³/mol. The maximum atomic E-state index is 5.04. The smallest absolute Gasteiger partial charge is 0.309 e. The Labute approximate surface area is 328 Å². The molecule has 0 N–H and O–H groups in total. The number of fused-ring (bicyclic) bond motifs is 6. The third-order valence-corrected chi connectivity index (χ3v) is 12.0. The van der Waals surface area contributed by atoms with E-state index in [9.17, 15) is 0 Å². The molecule has 0 radical (unpaired) electrons. The third-order valence-electron chi connectivity index (χ3n) is 10.8. The predicted octanol–water partition coefficient (Wildman–Crippen LogP) is 12.1. The van der Waals surface area contributed by atoms with E-state index in [-0.39, 0.29) is 0 Å². The Morgan fingerprint density at radius 1 is 0.446 bits per heavy atom. The minimum atomic E-state index is 0.867. The highest BCUT2D eigenvalue weighted by Crippen LogP contribution is 2.42. The van der Waals surface area contributed by atoms with Crippen molar-refractivity contribution >= 4 is 53.3 Å². The van der Waals surface area contributed by atoms with Crippen LogP contribution in [-0.4, -0.2) is 9.55 Å². The van der Waals surface area contributed by atoms with Crippen molar-refractivity contribution in [3.8, 4) is 50.7 Å². The Morgan fingerprint density at radius 3 is 1.96 bits per heavy atom. The molecule has 0 aliphatic carbocycles. The molecule has 56 heavy (non-hydrogen) atoms. The van der Waals surface area contributed by atoms with Crippen molar-refractivity contribution < 1.29 is 9.13 Å². The van der Waals surface area contributed by atoms with Gasteiger partial charge < -0.3 is 4.57 Å². The molecule has 0 bridgehead atoms. The van der Waals surface area contributed by atoms with Gasteiger partial charge in [0.1, 0.15) is 0 Å². The lowest BCUT2D eigenvalue weighted by atomic mass is 10.0. The summed E-state index contributed by atoms with van der Waals surface area (Å²) in [6, 6.07) is 69.5. The van der Waals surface area contributed by atoms with Crippen molar-refractivity contribution in [1.82, 2.24) is 9.55 Å². The first-order chi connectivity index (χ1) is 27.8. The van der Waals surface area contributed by atoms with Crippen LogP contribution in [0.1, 0.15) is 0 Å². The largest absolute Gasteiger partial charge is 0.406 e. The van der Waals surface area contributed by atoms with Crippen LogP contribution < -0.4 is 9.13 Å². The van der Waals surface area contributed by atoms with E-state index in [1.54, 1.807) is 0 Å². The summed E-state index contributed by atoms with van der Waals surface area (Å²) in [5.41, 5.74) is 11.4. The van der Waals surface area contributed by atoms with Crippen molar-refractivity contribution in [3.63, 3.8) is 0 Å². The Kier molecular flexibility index (Phi) is 7.64. The van der Waals surface area contributed by atoms with E-state index in [1.807, 2.05) is 41.9 Å². The summed E-state index contributed by atoms with van der Waals surface area (Å²) in [7, 11) is 0. The molecule has 3 aromatic heterocycles. The molecule has 0 aliphatic rings. The van der Waals surface area contributed by atoms with Gasteiger partial charge in [-0.25, -0.2) is 0 Å². The van der Waals surface area contributed by atoms with E-state index < -0.39 is 0 Å². The average molecular weight is 735 g/mol. The lowest BCUT2D eigenvalue weighted by Crippen LogP contribution is -2.46. The van der Waals surface area contributed by atoms with Gasteiger partial charge in [-0.2, -0.15) is 0 Å². The Hall–Kier alpha value is -7.21. The van der Waals surface area contributed by atoms with Gasteiger partial charge in [0.2, 0.25) is 0 Å². The fraction of sp³-hybridized carbons (Fsp3) is 0. The number of hydrogen-bond acceptors (Lipinski definition) is 2. The van der Waals surface area contributed by atoms with Crippen LogP contribution in [0.25, 0.3) is 92.7 Å². The van der Waals surface area contributed by atoms with Gasteiger partial charge in [0.05, 0.1) is 21.6 Å². The molecule has 262 valence electrons. The topological polar surface area (TPSA) is 25.6 Å². The highest BCUT2D eigenvalue weighted by atomic mass is 32.1. The minimum absolute atomic E-state index is 0.867. The number of hydrogen-bond donors (Lipinski definition) is 0. The van der Waals surface area contributed by atoms with E-state index >= 15 is 0 Å². The standard InChI is InChI=1S/C51H34N4S/c1-3-17-39(18-4-1)53-33-52-51(54(34-53)40-19-5-2-6-20-40)38-16-11-14-35(30-38)36-15-12-21-41(31-36)55-47-26-9-7-22-43(47)46-32-37(28-29-48(46)55)42-24-13-25-45-44-23-8-10-27-49(44)56-50(42)45/h1-34H/q+2. The number of nitrogens with zero attached hydrogens (tertiary/aromatic N) is 4. The van der Waals surface area contributed by atoms with Crippen LogP contribution in [-0.2, 0) is 0 Å². The number of para-hydroxylation sites is 3. The van der Waals surface area contributed by atoms with Crippen molar-refractivity contribution in [2.75, 3.05) is 0 Å². The Bertz CT molecular complexity index is 3250. The van der Waals surface area contributed by atoms with E-state index in [0.717, 1.165) is 39.6 Å². The van der Waals surface area contributed by atoms with Gasteiger partial charge in [0, 0.05) is 36.6 Å². The summed E-state index contributed by atoms with van der Waals surface area (Å²) < 4.78 is 9.29. The number of aromatic nitrogens is 4. The second kappa shape index (κ2) is 13.3. The van der Waals surface area contributed by atoms with E-state index in [1.165, 1.54) is 53.1 Å². The van der Waals surface area contributed by atoms with Gasteiger partial charge in [-0.3, -0.25) is 0 Å². The molecule has 0 spiro atoms. The maximum Gasteiger partial charge on any atom is 0.406 e. The fourth-order valence-corrected chi connectivity index (χ4v) is 9.41. The summed E-state index contributed by atoms with van der Waals surface area (Å²) in [4.78, 5) is 5.04. The first kappa shape index (κ1) is 32.2. The van der Waals surface area contributed by atoms with Gasteiger partial charge in [-0.1, -0.05) is 121 Å². The highest BCUT2D eigenvalue weighted by Gasteiger charge is 2.25. The van der Waals surface area contributed by atoms with E-state index in [4.69, 9.17) is 4.98 Å². The first-order valence-corrected chi connectivity index (χ1v) is 19.7. The zero-order valence-electron chi connectivity index (χ0n) is 30.3. The molecule has 0 saturated heterocycles. The molecule has 0 saturated carbocycles. The number of thiophene rings is 1. The van der Waals surface area contributed by atoms with Crippen LogP contribution in [0.15, 0.2) is 207 Å². The molecular formula is C51H34N4S+2. The third kappa shape index (κ3) is 5.40. The van der Waals surface area contributed by atoms with Crippen molar-refractivity contribution in [1.29, 1.82) is 0 Å². The van der Waals surface area contributed by atoms with Gasteiger partial charge in [-0.15, -0.1) is 20.5 Å². The molecule has 11 rings (SSSR count). The number of rotatable bonds is 6. The first-order valence-electron chi connectivity index (χ1n) is 18.9. The summed E-state index contributed by atoms with van der Waals surface area (Å²) in [5, 5.41) is 5.13. The minimum Gasteiger partial charge on any atom is -0.309 e. The number of benzene rings is 8. The SMILES string of the molecule is c1ccc(-[n+]2cnc(-c3cccc(-c4cccc(-n5c6ccccc6c6cc(-c7cccc8c7sc7ccccc78)ccc65)c4)c3)[n+](-c3ccccc3)c2)cc1. The van der Waals surface area contributed by atoms with Gasteiger partial charge in [-0.05, 0) is 95.1 Å². The zero-order chi connectivity index (χ0) is 37.0. The van der Waals surface area contributed by atoms with E-state index in [0.29, 0.717) is 0 Å². The van der Waals surface area contributed by atoms with Crippen LogP contribution in [0, 0.1) is 0 Å². The fourth-order valence-electron chi connectivity index (χ4n) is 8.17. The molecule has 11 aromatic rings. The van der Waals surface area contributed by atoms with Gasteiger partial charge in [0.15, 0.2) is 11.4 Å². The molecule has 0 amide bonds. The lowest BCUT2D eigenvalue weighted by Gasteiger charge is -2.11. The van der Waals surface area contributed by atoms with Crippen molar-refractivity contribution in [2.24, 2.45) is 0 Å². The van der Waals surface area contributed by atoms with Crippen LogP contribution in [0.4, 0.5) is 0 Å². The second-order valence-electron chi connectivity index (χ2n) is 14.1. The second-order valence-corrected chi connectivity index (χ2v) is 15.2. The van der Waals surface area contributed by atoms with Crippen molar-refractivity contribution in [2.45, 2.75) is 0 Å². The summed E-state index contributed by atoms with van der Waals surface area (Å²) >= 11 is 1.88. The summed E-state index contributed by atoms with van der Waals surface area (Å²) in [6.07, 6.45) is 4.00. The molecule has 0 fully saturated rings. The monoisotopic (exact) mass is 734 g/mol. The molecule has 0 unspecified atom stereocenters. The molecule has 8 aromatic carbocycles. The average Bonchev–Trinajstić information content (AvgIpc) is 3.83. The molecule has 0 atom stereocenters. The normalized spacial score (nSPS) is 11.6. The van der Waals surface area contributed by atoms with Crippen molar-refractivity contribution in [3.05, 3.63) is 207 Å². The molecule has 4 nitrogen and oxygen atoms in total. The zero-order valence-corrected chi connectivity index (χ0v) is 31.1. The molecule has 5 heteroatoms. The summed E-state index contributed by atoms with van der Waals surface area (Å²) in [6.45, 7) is 0. The molecule has 3 heterocycles. The molecule has 0 aliphatic heterocycles. The quantitative estimate of drug-likeness (QED) is 0.156. The van der Waals surface area contributed by atoms with Crippen LogP contribution in [0.2, 0.25) is 0 Å². The molecular weight excluding hydrogens is 701 g/mol. The summed E-state index contributed by atoms with van der Waals surface area (Å²) in [5.74, 6) is 0.867. The van der Waals surface area contributed by atoms with Gasteiger partial charge in [0.25, 0.3) is 0 Å². The van der Waals surface area contributed by atoms with Crippen LogP contribution in [0.5, 0.6) is 0 Å². The Morgan fingerprint density at radius 2 is 1.11 bits per heavy atom. The van der Waals surface area contributed by atoms with E-state index in [2.05, 4.69) is 190 Å². The van der Waals surface area contributed by atoms with Gasteiger partial charge >= 0.3 is 18.5 Å². The van der Waals surface area contributed by atoms with Crippen LogP contribution in [0.3, 0.4) is 0 Å².